The van der Waals surface area contributed by atoms with Gasteiger partial charge in [-0.3, -0.25) is 4.79 Å². The number of aryl methyl sites for hydroxylation is 1. The van der Waals surface area contributed by atoms with Gasteiger partial charge in [-0.15, -0.1) is 0 Å². The number of piperidine rings is 1. The summed E-state index contributed by atoms with van der Waals surface area (Å²) in [6.07, 6.45) is 0.914. The Labute approximate surface area is 160 Å². The third-order valence-corrected chi connectivity index (χ3v) is 6.00. The van der Waals surface area contributed by atoms with E-state index in [-0.39, 0.29) is 29.5 Å². The van der Waals surface area contributed by atoms with Crippen LogP contribution in [0.4, 0.5) is 4.79 Å². The first-order chi connectivity index (χ1) is 12.8. The van der Waals surface area contributed by atoms with Crippen LogP contribution in [0.5, 0.6) is 0 Å². The van der Waals surface area contributed by atoms with Crippen molar-refractivity contribution < 1.29 is 22.7 Å². The predicted molar refractivity (Wildman–Crippen MR) is 101 cm³/mol. The smallest absolute Gasteiger partial charge is 0.409 e. The van der Waals surface area contributed by atoms with Crippen LogP contribution in [0, 0.1) is 6.92 Å². The fraction of sp³-hybridized carbons (Fsp3) is 0.556. The van der Waals surface area contributed by atoms with E-state index in [0.717, 1.165) is 0 Å². The molecule has 8 nitrogen and oxygen atoms in total. The van der Waals surface area contributed by atoms with Crippen molar-refractivity contribution in [3.05, 3.63) is 29.3 Å². The van der Waals surface area contributed by atoms with Crippen LogP contribution in [0.2, 0.25) is 0 Å². The second-order valence-corrected chi connectivity index (χ2v) is 8.18. The number of benzene rings is 1. The van der Waals surface area contributed by atoms with Crippen LogP contribution in [-0.4, -0.2) is 57.6 Å². The second-order valence-electron chi connectivity index (χ2n) is 6.41. The van der Waals surface area contributed by atoms with E-state index in [1.165, 1.54) is 12.1 Å². The highest BCUT2D eigenvalue weighted by Crippen LogP contribution is 2.17. The summed E-state index contributed by atoms with van der Waals surface area (Å²) in [5.41, 5.74) is 1.04. The van der Waals surface area contributed by atoms with Crippen molar-refractivity contribution in [1.82, 2.24) is 14.9 Å². The van der Waals surface area contributed by atoms with E-state index in [4.69, 9.17) is 4.74 Å². The summed E-state index contributed by atoms with van der Waals surface area (Å²) in [7, 11) is -3.63. The molecule has 1 aliphatic rings. The Morgan fingerprint density at radius 1 is 1.22 bits per heavy atom. The minimum atomic E-state index is -3.63. The summed E-state index contributed by atoms with van der Waals surface area (Å²) < 4.78 is 31.7. The summed E-state index contributed by atoms with van der Waals surface area (Å²) >= 11 is 0. The van der Waals surface area contributed by atoms with Crippen LogP contribution in [0.1, 0.15) is 42.6 Å². The monoisotopic (exact) mass is 397 g/mol. The quantitative estimate of drug-likeness (QED) is 0.759. The van der Waals surface area contributed by atoms with Crippen LogP contribution >= 0.6 is 0 Å². The molecule has 1 aliphatic heterocycles. The second kappa shape index (κ2) is 9.18. The molecule has 27 heavy (non-hydrogen) atoms. The summed E-state index contributed by atoms with van der Waals surface area (Å²) in [5, 5.41) is 2.95. The molecule has 1 aromatic carbocycles. The van der Waals surface area contributed by atoms with Crippen LogP contribution in [0.3, 0.4) is 0 Å². The number of hydrogen-bond acceptors (Lipinski definition) is 5. The first-order valence-electron chi connectivity index (χ1n) is 9.11. The van der Waals surface area contributed by atoms with E-state index in [1.54, 1.807) is 31.7 Å². The Bertz CT molecular complexity index is 786. The zero-order chi connectivity index (χ0) is 20.0. The molecule has 0 spiro atoms. The van der Waals surface area contributed by atoms with Crippen molar-refractivity contribution in [2.75, 3.05) is 26.2 Å². The molecule has 1 aromatic rings. The molecule has 0 unspecified atom stereocenters. The van der Waals surface area contributed by atoms with Crippen LogP contribution in [-0.2, 0) is 14.8 Å². The molecule has 2 rings (SSSR count). The Hall–Kier alpha value is -2.13. The summed E-state index contributed by atoms with van der Waals surface area (Å²) in [6, 6.07) is 4.44. The first kappa shape index (κ1) is 21.2. The van der Waals surface area contributed by atoms with Gasteiger partial charge in [0, 0.05) is 31.2 Å². The van der Waals surface area contributed by atoms with Crippen molar-refractivity contribution in [3.63, 3.8) is 0 Å². The third kappa shape index (κ3) is 5.43. The number of rotatable bonds is 6. The summed E-state index contributed by atoms with van der Waals surface area (Å²) in [5.74, 6) is -0.310. The van der Waals surface area contributed by atoms with Gasteiger partial charge < -0.3 is 15.0 Å². The highest BCUT2D eigenvalue weighted by molar-refractivity contribution is 7.89. The normalized spacial score (nSPS) is 15.4. The SMILES string of the molecule is CCNS(=O)(=O)c1ccc(C)c(C(=O)NC2CCN(C(=O)OCC)CC2)c1. The Kier molecular flexibility index (Phi) is 7.20. The maximum atomic E-state index is 12.7. The van der Waals surface area contributed by atoms with Crippen LogP contribution in [0.25, 0.3) is 0 Å². The number of likely N-dealkylation sites (tertiary alicyclic amines) is 1. The van der Waals surface area contributed by atoms with E-state index in [2.05, 4.69) is 10.0 Å². The van der Waals surface area contributed by atoms with Crippen molar-refractivity contribution in [2.24, 2.45) is 0 Å². The maximum absolute atomic E-state index is 12.7. The van der Waals surface area contributed by atoms with Crippen LogP contribution < -0.4 is 10.0 Å². The number of nitrogens with zero attached hydrogens (tertiary/aromatic N) is 1. The van der Waals surface area contributed by atoms with Crippen molar-refractivity contribution in [2.45, 2.75) is 44.6 Å². The number of ether oxygens (including phenoxy) is 1. The molecule has 1 fully saturated rings. The molecule has 1 heterocycles. The maximum Gasteiger partial charge on any atom is 0.409 e. The molecule has 0 radical (unpaired) electrons. The molecule has 0 aromatic heterocycles. The lowest BCUT2D eigenvalue weighted by Crippen LogP contribution is -2.46. The molecule has 9 heteroatoms. The number of carbonyl (C=O) groups excluding carboxylic acids is 2. The average molecular weight is 397 g/mol. The molecule has 2 amide bonds. The number of sulfonamides is 1. The summed E-state index contributed by atoms with van der Waals surface area (Å²) in [6.45, 7) is 6.86. The van der Waals surface area contributed by atoms with Gasteiger partial charge in [0.1, 0.15) is 0 Å². The lowest BCUT2D eigenvalue weighted by Gasteiger charge is -2.31. The molecule has 0 saturated carbocycles. The molecule has 2 N–H and O–H groups in total. The fourth-order valence-corrected chi connectivity index (χ4v) is 4.04. The van der Waals surface area contributed by atoms with E-state index in [1.807, 2.05) is 0 Å². The highest BCUT2D eigenvalue weighted by atomic mass is 32.2. The van der Waals surface area contributed by atoms with E-state index in [9.17, 15) is 18.0 Å². The van der Waals surface area contributed by atoms with Gasteiger partial charge in [0.15, 0.2) is 0 Å². The van der Waals surface area contributed by atoms with E-state index in [0.29, 0.717) is 43.7 Å². The molecule has 0 aliphatic carbocycles. The first-order valence-corrected chi connectivity index (χ1v) is 10.6. The van der Waals surface area contributed by atoms with Gasteiger partial charge in [0.2, 0.25) is 10.0 Å². The zero-order valence-corrected chi connectivity index (χ0v) is 16.8. The van der Waals surface area contributed by atoms with Gasteiger partial charge in [-0.25, -0.2) is 17.9 Å². The minimum Gasteiger partial charge on any atom is -0.450 e. The molecular weight excluding hydrogens is 370 g/mol. The zero-order valence-electron chi connectivity index (χ0n) is 15.9. The average Bonchev–Trinajstić information content (AvgIpc) is 2.62. The number of carbonyl (C=O) groups is 2. The Morgan fingerprint density at radius 2 is 1.89 bits per heavy atom. The van der Waals surface area contributed by atoms with Gasteiger partial charge in [-0.05, 0) is 44.4 Å². The summed E-state index contributed by atoms with van der Waals surface area (Å²) in [4.78, 5) is 26.1. The van der Waals surface area contributed by atoms with Gasteiger partial charge in [-0.1, -0.05) is 13.0 Å². The van der Waals surface area contributed by atoms with Gasteiger partial charge >= 0.3 is 6.09 Å². The van der Waals surface area contributed by atoms with Gasteiger partial charge in [0.05, 0.1) is 11.5 Å². The Balaban J connectivity index is 2.03. The highest BCUT2D eigenvalue weighted by Gasteiger charge is 2.25. The van der Waals surface area contributed by atoms with E-state index >= 15 is 0 Å². The molecular formula is C18H27N3O5S. The predicted octanol–water partition coefficient (Wildman–Crippen LogP) is 1.64. The minimum absolute atomic E-state index is 0.0669. The number of hydrogen-bond donors (Lipinski definition) is 2. The topological polar surface area (TPSA) is 105 Å². The lowest BCUT2D eigenvalue weighted by molar-refractivity contribution is 0.0859. The molecule has 150 valence electrons. The van der Waals surface area contributed by atoms with Crippen molar-refractivity contribution >= 4 is 22.0 Å². The van der Waals surface area contributed by atoms with Gasteiger partial charge in [0.25, 0.3) is 5.91 Å². The number of nitrogens with one attached hydrogen (secondary N) is 2. The lowest BCUT2D eigenvalue weighted by atomic mass is 10.0. The third-order valence-electron chi connectivity index (χ3n) is 4.45. The fourth-order valence-electron chi connectivity index (χ4n) is 2.97. The molecule has 0 bridgehead atoms. The van der Waals surface area contributed by atoms with Crippen molar-refractivity contribution in [3.8, 4) is 0 Å². The number of amides is 2. The molecule has 0 atom stereocenters. The van der Waals surface area contributed by atoms with Crippen LogP contribution in [0.15, 0.2) is 23.1 Å². The Morgan fingerprint density at radius 3 is 2.48 bits per heavy atom. The van der Waals surface area contributed by atoms with E-state index < -0.39 is 10.0 Å². The largest absolute Gasteiger partial charge is 0.450 e. The van der Waals surface area contributed by atoms with Crippen molar-refractivity contribution in [1.29, 1.82) is 0 Å². The molecule has 1 saturated heterocycles. The van der Waals surface area contributed by atoms with Gasteiger partial charge in [-0.2, -0.15) is 0 Å². The standard InChI is InChI=1S/C18H27N3O5S/c1-4-19-27(24,25)15-7-6-13(3)16(12-15)17(22)20-14-8-10-21(11-9-14)18(23)26-5-2/h6-7,12,14,19H,4-5,8-11H2,1-3H3,(H,20,22).